The van der Waals surface area contributed by atoms with Gasteiger partial charge < -0.3 is 10.0 Å². The van der Waals surface area contributed by atoms with Crippen LogP contribution in [0, 0.1) is 69.0 Å². The van der Waals surface area contributed by atoms with Gasteiger partial charge in [-0.15, -0.1) is 0 Å². The van der Waals surface area contributed by atoms with Crippen LogP contribution in [-0.4, -0.2) is 60.2 Å². The van der Waals surface area contributed by atoms with E-state index in [0.29, 0.717) is 46.2 Å². The summed E-state index contributed by atoms with van der Waals surface area (Å²) < 4.78 is 0. The summed E-state index contributed by atoms with van der Waals surface area (Å²) in [5.74, 6) is 2.99. The fraction of sp³-hybridized carbons (Fsp3) is 0.745. The van der Waals surface area contributed by atoms with Gasteiger partial charge in [-0.3, -0.25) is 14.5 Å². The number of allylic oxidation sites excluding steroid dienone is 4. The number of hydrogen-bond acceptors (Lipinski definition) is 5. The minimum absolute atomic E-state index is 0.0696. The Morgan fingerprint density at radius 1 is 0.967 bits per heavy atom. The van der Waals surface area contributed by atoms with Crippen LogP contribution in [0.3, 0.4) is 0 Å². The highest BCUT2D eigenvalue weighted by Crippen LogP contribution is 2.86. The van der Waals surface area contributed by atoms with Gasteiger partial charge in [-0.2, -0.15) is 0 Å². The SMILES string of the molecule is C=C(C)C1CCC2C(C)(CCCC3(C(C)CN(CCN(C)C)Cc4ccc(C)cc4Cl)CC(=O)C(C(C)C)=C13)CC[C@@]13CC1(C)C(C)CCC23C.C=C(O)C(C)(C)CC(C)=O. The summed E-state index contributed by atoms with van der Waals surface area (Å²) in [4.78, 5) is 30.0. The summed E-state index contributed by atoms with van der Waals surface area (Å²) in [6.45, 7) is 39.1. The van der Waals surface area contributed by atoms with Gasteiger partial charge in [-0.1, -0.05) is 111 Å². The lowest BCUT2D eigenvalue weighted by molar-refractivity contribution is -0.129. The average Bonchev–Trinajstić information content (AvgIpc) is 3.68. The summed E-state index contributed by atoms with van der Waals surface area (Å²) in [6, 6.07) is 6.51. The van der Waals surface area contributed by atoms with Gasteiger partial charge in [0.05, 0.1) is 5.76 Å². The van der Waals surface area contributed by atoms with Crippen LogP contribution < -0.4 is 0 Å². The zero-order valence-corrected chi connectivity index (χ0v) is 42.1. The first-order chi connectivity index (χ1) is 28.2. The van der Waals surface area contributed by atoms with Crippen LogP contribution in [0.1, 0.15) is 164 Å². The van der Waals surface area contributed by atoms with Gasteiger partial charge in [0.1, 0.15) is 5.78 Å². The molecule has 5 aliphatic rings. The molecule has 1 aromatic carbocycles. The molecular formula is C55H87ClN2O3. The van der Waals surface area contributed by atoms with Crippen LogP contribution in [-0.2, 0) is 16.1 Å². The van der Waals surface area contributed by atoms with Crippen molar-refractivity contribution in [3.05, 3.63) is 70.0 Å². The molecule has 1 N–H and O–H groups in total. The molecule has 0 heterocycles. The van der Waals surface area contributed by atoms with Gasteiger partial charge in [0.25, 0.3) is 0 Å². The summed E-state index contributed by atoms with van der Waals surface area (Å²) in [5, 5.41) is 9.84. The van der Waals surface area contributed by atoms with Crippen molar-refractivity contribution >= 4 is 23.2 Å². The molecule has 0 saturated heterocycles. The van der Waals surface area contributed by atoms with Crippen molar-refractivity contribution in [2.75, 3.05) is 33.7 Å². The van der Waals surface area contributed by atoms with Crippen molar-refractivity contribution in [1.82, 2.24) is 9.80 Å². The van der Waals surface area contributed by atoms with Crippen molar-refractivity contribution in [2.45, 2.75) is 167 Å². The molecule has 0 aromatic heterocycles. The highest BCUT2D eigenvalue weighted by molar-refractivity contribution is 6.31. The number of nitrogens with zero attached hydrogens (tertiary/aromatic N) is 2. The molecule has 6 heteroatoms. The Balaban J connectivity index is 0.000000626. The fourth-order valence-corrected chi connectivity index (χ4v) is 14.7. The van der Waals surface area contributed by atoms with Crippen LogP contribution >= 0.6 is 11.6 Å². The number of fused-ring (bicyclic) bond motifs is 3. The third-order valence-corrected chi connectivity index (χ3v) is 18.7. The molecule has 6 rings (SSSR count). The van der Waals surface area contributed by atoms with Gasteiger partial charge in [-0.25, -0.2) is 0 Å². The van der Waals surface area contributed by atoms with Crippen LogP contribution in [0.2, 0.25) is 5.02 Å². The van der Waals surface area contributed by atoms with Gasteiger partial charge >= 0.3 is 0 Å². The highest BCUT2D eigenvalue weighted by atomic mass is 35.5. The fourth-order valence-electron chi connectivity index (χ4n) is 14.4. The van der Waals surface area contributed by atoms with Crippen molar-refractivity contribution in [3.8, 4) is 0 Å². The standard InChI is InChI=1S/C47H73ClN2O.C8H14O2/c1-31(2)37-16-17-40-43(8,22-23-47-30-45(47,10)34(6)18-21-44(40,47)9)19-13-20-46(27-39(51)41(32(3)4)42(37)46)35(7)28-50(25-24-49(11)12)29-36-15-14-33(5)26-38(36)48;1-6(9)5-8(3,4)7(2)10/h14-15,26,32,34-35,37,40H,1,13,16-25,27-30H2,2-12H3;10H,2,5H2,1,3-4H3/t34?,35?,37?,40?,43?,44?,45?,46?,47-;/m0./s1. The number of rotatable bonds is 13. The van der Waals surface area contributed by atoms with E-state index >= 15 is 0 Å². The van der Waals surface area contributed by atoms with E-state index in [0.717, 1.165) is 61.5 Å². The van der Waals surface area contributed by atoms with Crippen molar-refractivity contribution in [2.24, 2.45) is 62.1 Å². The molecule has 4 fully saturated rings. The molecule has 5 nitrogen and oxygen atoms in total. The number of ketones is 2. The molecule has 0 radical (unpaired) electrons. The number of aliphatic hydroxyl groups is 1. The van der Waals surface area contributed by atoms with E-state index in [1.165, 1.54) is 80.6 Å². The molecule has 4 saturated carbocycles. The number of aryl methyl sites for hydroxylation is 1. The first-order valence-corrected chi connectivity index (χ1v) is 24.5. The smallest absolute Gasteiger partial charge is 0.160 e. The van der Waals surface area contributed by atoms with Gasteiger partial charge in [-0.05, 0) is 166 Å². The monoisotopic (exact) mass is 859 g/mol. The zero-order chi connectivity index (χ0) is 45.7. The molecule has 0 aliphatic heterocycles. The second-order valence-corrected chi connectivity index (χ2v) is 24.0. The first kappa shape index (κ1) is 49.8. The minimum Gasteiger partial charge on any atom is -0.512 e. The predicted octanol–water partition coefficient (Wildman–Crippen LogP) is 14.0. The summed E-state index contributed by atoms with van der Waals surface area (Å²) in [7, 11) is 4.34. The van der Waals surface area contributed by atoms with Crippen LogP contribution in [0.25, 0.3) is 0 Å². The number of halogens is 1. The first-order valence-electron chi connectivity index (χ1n) is 24.1. The summed E-state index contributed by atoms with van der Waals surface area (Å²) in [6.07, 6.45) is 14.1. The largest absolute Gasteiger partial charge is 0.512 e. The van der Waals surface area contributed by atoms with Crippen LogP contribution in [0.5, 0.6) is 0 Å². The summed E-state index contributed by atoms with van der Waals surface area (Å²) in [5.41, 5.74) is 7.58. The van der Waals surface area contributed by atoms with E-state index in [-0.39, 0.29) is 28.8 Å². The molecule has 342 valence electrons. The average molecular weight is 860 g/mol. The van der Waals surface area contributed by atoms with E-state index in [1.807, 2.05) is 0 Å². The van der Waals surface area contributed by atoms with Crippen molar-refractivity contribution < 1.29 is 14.7 Å². The van der Waals surface area contributed by atoms with E-state index in [9.17, 15) is 9.59 Å². The number of benzene rings is 1. The Labute approximate surface area is 378 Å². The number of carbonyl (C=O) groups excluding carboxylic acids is 2. The lowest BCUT2D eigenvalue weighted by Gasteiger charge is -2.62. The molecule has 9 atom stereocenters. The summed E-state index contributed by atoms with van der Waals surface area (Å²) >= 11 is 6.86. The molecule has 1 aromatic rings. The molecule has 1 spiro atoms. The Morgan fingerprint density at radius 2 is 1.64 bits per heavy atom. The molecule has 8 unspecified atom stereocenters. The quantitative estimate of drug-likeness (QED) is 0.158. The Hall–Kier alpha value is -2.21. The lowest BCUT2D eigenvalue weighted by atomic mass is 9.42. The van der Waals surface area contributed by atoms with Crippen LogP contribution in [0.4, 0.5) is 0 Å². The normalized spacial score (nSPS) is 34.2. The number of likely N-dealkylation sites (N-methyl/N-ethyl adjacent to an activating group) is 1. The zero-order valence-electron chi connectivity index (χ0n) is 41.4. The van der Waals surface area contributed by atoms with E-state index < -0.39 is 5.41 Å². The maximum Gasteiger partial charge on any atom is 0.160 e. The second kappa shape index (κ2) is 18.3. The molecule has 5 aliphatic carbocycles. The highest BCUT2D eigenvalue weighted by Gasteiger charge is 2.78. The number of carbonyl (C=O) groups is 2. The number of aliphatic hydroxyl groups excluding tert-OH is 1. The third-order valence-electron chi connectivity index (χ3n) is 18.3. The van der Waals surface area contributed by atoms with E-state index in [4.69, 9.17) is 23.3 Å². The van der Waals surface area contributed by atoms with E-state index in [2.05, 4.69) is 111 Å². The van der Waals surface area contributed by atoms with Crippen molar-refractivity contribution in [3.63, 3.8) is 0 Å². The Kier molecular flexibility index (Phi) is 15.0. The Bertz CT molecular complexity index is 1860. The second-order valence-electron chi connectivity index (χ2n) is 23.6. The van der Waals surface area contributed by atoms with Gasteiger partial charge in [0.15, 0.2) is 5.78 Å². The molecule has 0 amide bonds. The van der Waals surface area contributed by atoms with Gasteiger partial charge in [0, 0.05) is 60.8 Å². The van der Waals surface area contributed by atoms with Crippen molar-refractivity contribution in [1.29, 1.82) is 0 Å². The molecule has 0 bridgehead atoms. The maximum absolute atomic E-state index is 14.5. The van der Waals surface area contributed by atoms with Crippen LogP contribution in [0.15, 0.2) is 53.8 Å². The Morgan fingerprint density at radius 3 is 2.20 bits per heavy atom. The van der Waals surface area contributed by atoms with E-state index in [1.54, 1.807) is 13.8 Å². The third kappa shape index (κ3) is 9.47. The van der Waals surface area contributed by atoms with Gasteiger partial charge in [0.2, 0.25) is 0 Å². The number of hydrogen-bond donors (Lipinski definition) is 1. The predicted molar refractivity (Wildman–Crippen MR) is 258 cm³/mol. The number of Topliss-reactive ketones (excluding diaryl/α,β-unsaturated/α-hetero) is 2. The maximum atomic E-state index is 14.5. The molecular weight excluding hydrogens is 772 g/mol. The lowest BCUT2D eigenvalue weighted by Crippen LogP contribution is -2.54. The topological polar surface area (TPSA) is 60.9 Å². The minimum atomic E-state index is -0.466. The molecule has 61 heavy (non-hydrogen) atoms.